The number of aliphatic hydroxyl groups excluding tert-OH is 2. The summed E-state index contributed by atoms with van der Waals surface area (Å²) in [6.45, 7) is 4.98. The van der Waals surface area contributed by atoms with Gasteiger partial charge in [-0.15, -0.1) is 0 Å². The van der Waals surface area contributed by atoms with Crippen molar-refractivity contribution in [1.29, 1.82) is 0 Å². The van der Waals surface area contributed by atoms with Crippen LogP contribution < -0.4 is 5.32 Å². The first-order valence-corrected chi connectivity index (χ1v) is 41.6. The van der Waals surface area contributed by atoms with Gasteiger partial charge in [0.05, 0.1) is 25.4 Å². The Hall–Kier alpha value is -1.66. The van der Waals surface area contributed by atoms with Gasteiger partial charge in [-0.3, -0.25) is 9.59 Å². The number of carbonyl (C=O) groups is 2. The highest BCUT2D eigenvalue weighted by molar-refractivity contribution is 5.76. The fraction of sp³-hybridized carbons (Fsp3) is 0.929. The SMILES string of the molecule is CCCCC/C=C\C/C=C\CCCCCCCCCC(=O)OCCCCCCCCCCCCCCCCCCCCCCCCCCCCCCCCCC(=O)NC(CO)C(O)CCCCCCCCCCCCCCCCCCCCCCCCCCC. The first-order valence-electron chi connectivity index (χ1n) is 41.6. The lowest BCUT2D eigenvalue weighted by Gasteiger charge is -2.22. The van der Waals surface area contributed by atoms with Crippen molar-refractivity contribution in [3.8, 4) is 0 Å². The van der Waals surface area contributed by atoms with Gasteiger partial charge in [-0.05, 0) is 57.8 Å². The maximum Gasteiger partial charge on any atom is 0.305 e. The molecule has 90 heavy (non-hydrogen) atoms. The summed E-state index contributed by atoms with van der Waals surface area (Å²) >= 11 is 0. The van der Waals surface area contributed by atoms with E-state index in [1.807, 2.05) is 0 Å². The lowest BCUT2D eigenvalue weighted by molar-refractivity contribution is -0.143. The Kier molecular flexibility index (Phi) is 78.3. The molecule has 0 aromatic carbocycles. The van der Waals surface area contributed by atoms with Crippen LogP contribution in [0.3, 0.4) is 0 Å². The van der Waals surface area contributed by atoms with Crippen molar-refractivity contribution in [3.63, 3.8) is 0 Å². The van der Waals surface area contributed by atoms with E-state index in [0.29, 0.717) is 25.9 Å². The molecule has 0 heterocycles. The number of hydrogen-bond donors (Lipinski definition) is 3. The summed E-state index contributed by atoms with van der Waals surface area (Å²) in [7, 11) is 0. The van der Waals surface area contributed by atoms with Crippen molar-refractivity contribution in [2.75, 3.05) is 13.2 Å². The summed E-state index contributed by atoms with van der Waals surface area (Å²) in [5.74, 6) is -0.0104. The van der Waals surface area contributed by atoms with Gasteiger partial charge in [-0.1, -0.05) is 430 Å². The van der Waals surface area contributed by atoms with Crippen molar-refractivity contribution in [2.45, 2.75) is 488 Å². The molecule has 0 aliphatic carbocycles. The normalized spacial score (nSPS) is 12.5. The molecule has 6 heteroatoms. The predicted molar refractivity (Wildman–Crippen MR) is 398 cm³/mol. The van der Waals surface area contributed by atoms with Crippen LogP contribution in [-0.2, 0) is 14.3 Å². The van der Waals surface area contributed by atoms with Gasteiger partial charge in [0.2, 0.25) is 5.91 Å². The Bertz CT molecular complexity index is 1410. The van der Waals surface area contributed by atoms with E-state index in [0.717, 1.165) is 51.4 Å². The van der Waals surface area contributed by atoms with Crippen LogP contribution in [0.15, 0.2) is 24.3 Å². The molecule has 0 fully saturated rings. The van der Waals surface area contributed by atoms with Crippen LogP contribution in [0.1, 0.15) is 476 Å². The molecule has 534 valence electrons. The average Bonchev–Trinajstić information content (AvgIpc) is 3.69. The Labute approximate surface area is 564 Å². The maximum absolute atomic E-state index is 12.6. The molecule has 0 aliphatic rings. The van der Waals surface area contributed by atoms with Crippen molar-refractivity contribution in [1.82, 2.24) is 5.32 Å². The molecule has 0 rings (SSSR count). The Balaban J connectivity index is 3.33. The molecule has 0 saturated heterocycles. The summed E-state index contributed by atoms with van der Waals surface area (Å²) in [6.07, 6.45) is 103. The second kappa shape index (κ2) is 79.8. The minimum Gasteiger partial charge on any atom is -0.466 e. The summed E-state index contributed by atoms with van der Waals surface area (Å²) < 4.78 is 5.51. The summed E-state index contributed by atoms with van der Waals surface area (Å²) in [5.41, 5.74) is 0. The van der Waals surface area contributed by atoms with Crippen molar-refractivity contribution >= 4 is 11.9 Å². The van der Waals surface area contributed by atoms with E-state index in [9.17, 15) is 19.8 Å². The number of aliphatic hydroxyl groups is 2. The highest BCUT2D eigenvalue weighted by Gasteiger charge is 2.20. The molecule has 0 aliphatic heterocycles. The van der Waals surface area contributed by atoms with Crippen LogP contribution in [0.2, 0.25) is 0 Å². The highest BCUT2D eigenvalue weighted by atomic mass is 16.5. The van der Waals surface area contributed by atoms with Gasteiger partial charge in [0.25, 0.3) is 0 Å². The second-order valence-electron chi connectivity index (χ2n) is 28.8. The molecule has 0 aromatic heterocycles. The fourth-order valence-electron chi connectivity index (χ4n) is 13.4. The zero-order valence-corrected chi connectivity index (χ0v) is 61.4. The molecule has 0 aromatic rings. The van der Waals surface area contributed by atoms with Gasteiger partial charge in [-0.25, -0.2) is 0 Å². The van der Waals surface area contributed by atoms with E-state index < -0.39 is 12.1 Å². The minimum absolute atomic E-state index is 0.0141. The molecule has 0 spiro atoms. The van der Waals surface area contributed by atoms with Crippen molar-refractivity contribution in [2.24, 2.45) is 0 Å². The van der Waals surface area contributed by atoms with Gasteiger partial charge < -0.3 is 20.3 Å². The summed E-state index contributed by atoms with van der Waals surface area (Å²) in [5, 5.41) is 23.5. The Morgan fingerprint density at radius 3 is 0.867 bits per heavy atom. The molecule has 2 atom stereocenters. The Morgan fingerprint density at radius 1 is 0.311 bits per heavy atom. The molecule has 0 radical (unpaired) electrons. The Morgan fingerprint density at radius 2 is 0.556 bits per heavy atom. The fourth-order valence-corrected chi connectivity index (χ4v) is 13.4. The van der Waals surface area contributed by atoms with E-state index in [4.69, 9.17) is 4.74 Å². The number of nitrogens with one attached hydrogen (secondary N) is 1. The first kappa shape index (κ1) is 88.3. The largest absolute Gasteiger partial charge is 0.466 e. The van der Waals surface area contributed by atoms with Gasteiger partial charge in [0.15, 0.2) is 0 Å². The quantitative estimate of drug-likeness (QED) is 0.0320. The number of rotatable bonds is 79. The van der Waals surface area contributed by atoms with Gasteiger partial charge in [0.1, 0.15) is 0 Å². The predicted octanol–water partition coefficient (Wildman–Crippen LogP) is 27.6. The number of carbonyl (C=O) groups excluding carboxylic acids is 2. The van der Waals surface area contributed by atoms with Crippen LogP contribution in [-0.4, -0.2) is 47.4 Å². The molecule has 0 saturated carbocycles. The maximum atomic E-state index is 12.6. The lowest BCUT2D eigenvalue weighted by Crippen LogP contribution is -2.45. The molecule has 6 nitrogen and oxygen atoms in total. The molecule has 2 unspecified atom stereocenters. The van der Waals surface area contributed by atoms with Crippen molar-refractivity contribution < 1.29 is 24.5 Å². The van der Waals surface area contributed by atoms with Crippen LogP contribution in [0.5, 0.6) is 0 Å². The van der Waals surface area contributed by atoms with Crippen LogP contribution in [0.4, 0.5) is 0 Å². The van der Waals surface area contributed by atoms with Crippen LogP contribution >= 0.6 is 0 Å². The zero-order chi connectivity index (χ0) is 64.9. The van der Waals surface area contributed by atoms with Crippen molar-refractivity contribution in [3.05, 3.63) is 24.3 Å². The molecular weight excluding hydrogens is 1100 g/mol. The third kappa shape index (κ3) is 75.4. The van der Waals surface area contributed by atoms with E-state index in [2.05, 4.69) is 43.5 Å². The third-order valence-electron chi connectivity index (χ3n) is 19.8. The monoisotopic (exact) mass is 1270 g/mol. The number of esters is 1. The number of ether oxygens (including phenoxy) is 1. The number of hydrogen-bond acceptors (Lipinski definition) is 5. The van der Waals surface area contributed by atoms with Crippen LogP contribution in [0, 0.1) is 0 Å². The lowest BCUT2D eigenvalue weighted by atomic mass is 10.0. The molecule has 0 bridgehead atoms. The number of unbranched alkanes of at least 4 members (excludes halogenated alkanes) is 64. The number of amides is 1. The van der Waals surface area contributed by atoms with Crippen LogP contribution in [0.25, 0.3) is 0 Å². The summed E-state index contributed by atoms with van der Waals surface area (Å²) in [4.78, 5) is 24.7. The molecular formula is C84H163NO5. The second-order valence-corrected chi connectivity index (χ2v) is 28.8. The topological polar surface area (TPSA) is 95.9 Å². The zero-order valence-electron chi connectivity index (χ0n) is 61.4. The van der Waals surface area contributed by atoms with Gasteiger partial charge >= 0.3 is 5.97 Å². The highest BCUT2D eigenvalue weighted by Crippen LogP contribution is 2.21. The smallest absolute Gasteiger partial charge is 0.305 e. The molecule has 3 N–H and O–H groups in total. The first-order chi connectivity index (χ1) is 44.5. The minimum atomic E-state index is -0.663. The number of allylic oxidation sites excluding steroid dienone is 4. The van der Waals surface area contributed by atoms with Gasteiger partial charge in [0, 0.05) is 12.8 Å². The van der Waals surface area contributed by atoms with E-state index in [-0.39, 0.29) is 18.5 Å². The standard InChI is InChI=1S/C84H163NO5/c1-3-5-7-9-11-13-15-17-19-21-22-23-24-32-35-38-41-45-48-52-56-60-64-68-72-76-82(87)81(80-86)85-83(88)77-73-69-65-61-57-53-49-46-42-39-36-33-30-28-26-25-27-29-31-34-37-40-43-47-51-55-59-63-67-71-75-79-90-84(89)78-74-70-66-62-58-54-50-44-20-18-16-14-12-10-8-6-4-2/h12,14,18,20,81-82,86-87H,3-11,13,15-17,19,21-80H2,1-2H3,(H,85,88)/b14-12-,20-18-. The van der Waals surface area contributed by atoms with E-state index in [1.54, 1.807) is 0 Å². The average molecular weight is 1270 g/mol. The molecule has 1 amide bonds. The third-order valence-corrected chi connectivity index (χ3v) is 19.8. The van der Waals surface area contributed by atoms with E-state index >= 15 is 0 Å². The van der Waals surface area contributed by atoms with E-state index in [1.165, 1.54) is 392 Å². The van der Waals surface area contributed by atoms with Gasteiger partial charge in [-0.2, -0.15) is 0 Å². The summed E-state index contributed by atoms with van der Waals surface area (Å²) in [6, 6.07) is -0.540.